The first-order valence-corrected chi connectivity index (χ1v) is 11.3. The standard InChI is InChI=1S/C27H28FN3O4/c1-18-9-10-25(24(13-18)29-26(32)22-7-4-5-8-23(22)28)31-12-6-11-30(27(31)33)17-19-14-20(34-2)16-21(15-19)35-3/h4-5,7-10,13-16H,6,11-12,17H2,1-3H3,(H,29,32). The molecule has 1 N–H and O–H groups in total. The summed E-state index contributed by atoms with van der Waals surface area (Å²) in [5.74, 6) is 0.127. The first-order valence-electron chi connectivity index (χ1n) is 11.3. The van der Waals surface area contributed by atoms with E-state index in [4.69, 9.17) is 9.47 Å². The van der Waals surface area contributed by atoms with Crippen LogP contribution in [-0.2, 0) is 6.54 Å². The molecular weight excluding hydrogens is 449 g/mol. The predicted octanol–water partition coefficient (Wildman–Crippen LogP) is 5.24. The minimum atomic E-state index is -0.604. The molecule has 0 aliphatic carbocycles. The lowest BCUT2D eigenvalue weighted by atomic mass is 10.1. The maximum atomic E-state index is 14.2. The van der Waals surface area contributed by atoms with Crippen LogP contribution in [-0.4, -0.2) is 44.1 Å². The van der Waals surface area contributed by atoms with Crippen molar-refractivity contribution in [3.05, 3.63) is 83.2 Å². The summed E-state index contributed by atoms with van der Waals surface area (Å²) in [6.07, 6.45) is 0.751. The monoisotopic (exact) mass is 477 g/mol. The van der Waals surface area contributed by atoms with Gasteiger partial charge >= 0.3 is 6.03 Å². The second-order valence-corrected chi connectivity index (χ2v) is 8.38. The lowest BCUT2D eigenvalue weighted by molar-refractivity contribution is 0.102. The fourth-order valence-corrected chi connectivity index (χ4v) is 4.15. The van der Waals surface area contributed by atoms with E-state index < -0.39 is 11.7 Å². The molecule has 182 valence electrons. The normalized spacial score (nSPS) is 13.5. The highest BCUT2D eigenvalue weighted by Gasteiger charge is 2.29. The number of rotatable bonds is 7. The smallest absolute Gasteiger partial charge is 0.324 e. The Morgan fingerprint density at radius 2 is 1.71 bits per heavy atom. The van der Waals surface area contributed by atoms with Crippen LogP contribution in [0.2, 0.25) is 0 Å². The van der Waals surface area contributed by atoms with Gasteiger partial charge in [-0.1, -0.05) is 18.2 Å². The van der Waals surface area contributed by atoms with Crippen LogP contribution in [0.4, 0.5) is 20.6 Å². The summed E-state index contributed by atoms with van der Waals surface area (Å²) < 4.78 is 24.9. The summed E-state index contributed by atoms with van der Waals surface area (Å²) in [5.41, 5.74) is 2.75. The van der Waals surface area contributed by atoms with E-state index in [9.17, 15) is 14.0 Å². The molecule has 3 aromatic rings. The minimum Gasteiger partial charge on any atom is -0.497 e. The number of benzene rings is 3. The van der Waals surface area contributed by atoms with E-state index in [1.807, 2.05) is 31.2 Å². The van der Waals surface area contributed by atoms with Crippen molar-refractivity contribution in [1.29, 1.82) is 0 Å². The molecule has 0 aromatic heterocycles. The number of aryl methyl sites for hydroxylation is 1. The first kappa shape index (κ1) is 24.1. The number of anilines is 2. The number of carbonyl (C=O) groups excluding carboxylic acids is 2. The number of carbonyl (C=O) groups is 2. The number of methoxy groups -OCH3 is 2. The van der Waals surface area contributed by atoms with Gasteiger partial charge in [-0.15, -0.1) is 0 Å². The number of amides is 3. The molecule has 7 nitrogen and oxygen atoms in total. The van der Waals surface area contributed by atoms with Crippen LogP contribution in [0.25, 0.3) is 0 Å². The topological polar surface area (TPSA) is 71.1 Å². The summed E-state index contributed by atoms with van der Waals surface area (Å²) in [6, 6.07) is 16.6. The molecule has 3 aromatic carbocycles. The number of halogens is 1. The Kier molecular flexibility index (Phi) is 7.19. The van der Waals surface area contributed by atoms with E-state index in [1.165, 1.54) is 18.2 Å². The van der Waals surface area contributed by atoms with Gasteiger partial charge in [-0.25, -0.2) is 9.18 Å². The van der Waals surface area contributed by atoms with Crippen LogP contribution in [0.5, 0.6) is 11.5 Å². The quantitative estimate of drug-likeness (QED) is 0.506. The van der Waals surface area contributed by atoms with Crippen molar-refractivity contribution in [2.24, 2.45) is 0 Å². The van der Waals surface area contributed by atoms with Crippen molar-refractivity contribution in [2.75, 3.05) is 37.5 Å². The van der Waals surface area contributed by atoms with E-state index in [1.54, 1.807) is 42.2 Å². The number of ether oxygens (including phenoxy) is 2. The third-order valence-electron chi connectivity index (χ3n) is 5.91. The summed E-state index contributed by atoms with van der Waals surface area (Å²) in [6.45, 7) is 3.37. The molecule has 1 aliphatic rings. The molecular formula is C27H28FN3O4. The highest BCUT2D eigenvalue weighted by atomic mass is 19.1. The second-order valence-electron chi connectivity index (χ2n) is 8.38. The number of hydrogen-bond acceptors (Lipinski definition) is 4. The van der Waals surface area contributed by atoms with Crippen LogP contribution in [0.1, 0.15) is 27.9 Å². The Morgan fingerprint density at radius 3 is 2.40 bits per heavy atom. The molecule has 4 rings (SSSR count). The van der Waals surface area contributed by atoms with Crippen LogP contribution >= 0.6 is 0 Å². The van der Waals surface area contributed by atoms with Crippen molar-refractivity contribution in [2.45, 2.75) is 19.9 Å². The van der Waals surface area contributed by atoms with Crippen molar-refractivity contribution >= 4 is 23.3 Å². The Hall–Kier alpha value is -4.07. The van der Waals surface area contributed by atoms with Gasteiger partial charge < -0.3 is 19.7 Å². The SMILES string of the molecule is COc1cc(CN2CCCN(c3ccc(C)cc3NC(=O)c3ccccc3F)C2=O)cc(OC)c1. The molecule has 0 radical (unpaired) electrons. The van der Waals surface area contributed by atoms with Gasteiger partial charge in [-0.2, -0.15) is 0 Å². The molecule has 1 aliphatic heterocycles. The van der Waals surface area contributed by atoms with Crippen LogP contribution in [0, 0.1) is 12.7 Å². The molecule has 1 heterocycles. The number of nitrogens with zero attached hydrogens (tertiary/aromatic N) is 2. The maximum Gasteiger partial charge on any atom is 0.324 e. The van der Waals surface area contributed by atoms with Crippen LogP contribution in [0.15, 0.2) is 60.7 Å². The number of urea groups is 1. The van der Waals surface area contributed by atoms with Gasteiger partial charge in [0, 0.05) is 25.7 Å². The molecule has 35 heavy (non-hydrogen) atoms. The molecule has 0 spiro atoms. The molecule has 8 heteroatoms. The number of hydrogen-bond donors (Lipinski definition) is 1. The Bertz CT molecular complexity index is 1220. The largest absolute Gasteiger partial charge is 0.497 e. The van der Waals surface area contributed by atoms with Gasteiger partial charge in [0.1, 0.15) is 17.3 Å². The van der Waals surface area contributed by atoms with Crippen molar-refractivity contribution < 1.29 is 23.5 Å². The van der Waals surface area contributed by atoms with Crippen LogP contribution in [0.3, 0.4) is 0 Å². The van der Waals surface area contributed by atoms with Gasteiger partial charge in [0.15, 0.2) is 0 Å². The first-order chi connectivity index (χ1) is 16.9. The van der Waals surface area contributed by atoms with E-state index in [-0.39, 0.29) is 11.6 Å². The minimum absolute atomic E-state index is 0.0569. The van der Waals surface area contributed by atoms with E-state index in [0.717, 1.165) is 17.5 Å². The average molecular weight is 478 g/mol. The third kappa shape index (κ3) is 5.37. The highest BCUT2D eigenvalue weighted by molar-refractivity contribution is 6.07. The number of nitrogens with one attached hydrogen (secondary N) is 1. The molecule has 0 saturated carbocycles. The summed E-state index contributed by atoms with van der Waals surface area (Å²) in [4.78, 5) is 29.7. The zero-order valence-electron chi connectivity index (χ0n) is 20.0. The summed E-state index contributed by atoms with van der Waals surface area (Å²) >= 11 is 0. The molecule has 1 fully saturated rings. The Morgan fingerprint density at radius 1 is 1.00 bits per heavy atom. The highest BCUT2D eigenvalue weighted by Crippen LogP contribution is 2.31. The lowest BCUT2D eigenvalue weighted by Crippen LogP contribution is -2.49. The van der Waals surface area contributed by atoms with Crippen LogP contribution < -0.4 is 19.7 Å². The van der Waals surface area contributed by atoms with E-state index >= 15 is 0 Å². The van der Waals surface area contributed by atoms with Crippen molar-refractivity contribution in [3.63, 3.8) is 0 Å². The van der Waals surface area contributed by atoms with Crippen molar-refractivity contribution in [3.8, 4) is 11.5 Å². The maximum absolute atomic E-state index is 14.2. The predicted molar refractivity (Wildman–Crippen MR) is 133 cm³/mol. The Balaban J connectivity index is 1.59. The van der Waals surface area contributed by atoms with E-state index in [2.05, 4.69) is 5.32 Å². The summed E-state index contributed by atoms with van der Waals surface area (Å²) in [5, 5.41) is 2.80. The summed E-state index contributed by atoms with van der Waals surface area (Å²) in [7, 11) is 3.17. The molecule has 3 amide bonds. The van der Waals surface area contributed by atoms with Crippen molar-refractivity contribution in [1.82, 2.24) is 4.90 Å². The molecule has 1 saturated heterocycles. The molecule has 0 unspecified atom stereocenters. The lowest BCUT2D eigenvalue weighted by Gasteiger charge is -2.36. The second kappa shape index (κ2) is 10.5. The van der Waals surface area contributed by atoms with Gasteiger partial charge in [-0.05, 0) is 60.9 Å². The fourth-order valence-electron chi connectivity index (χ4n) is 4.15. The van der Waals surface area contributed by atoms with Gasteiger partial charge in [0.05, 0.1) is 31.2 Å². The molecule has 0 bridgehead atoms. The zero-order valence-corrected chi connectivity index (χ0v) is 20.0. The zero-order chi connectivity index (χ0) is 24.9. The van der Waals surface area contributed by atoms with E-state index in [0.29, 0.717) is 42.5 Å². The van der Waals surface area contributed by atoms with Gasteiger partial charge in [0.2, 0.25) is 0 Å². The van der Waals surface area contributed by atoms with Gasteiger partial charge in [0.25, 0.3) is 5.91 Å². The Labute approximate surface area is 204 Å². The van der Waals surface area contributed by atoms with Gasteiger partial charge in [-0.3, -0.25) is 9.69 Å². The fraction of sp³-hybridized carbons (Fsp3) is 0.259. The molecule has 0 atom stereocenters. The third-order valence-corrected chi connectivity index (χ3v) is 5.91. The average Bonchev–Trinajstić information content (AvgIpc) is 2.85.